The average molecular weight is 237 g/mol. The summed E-state index contributed by atoms with van der Waals surface area (Å²) in [5.74, 6) is 3.20. The molecule has 16 heavy (non-hydrogen) atoms. The standard InChI is InChI=1S/C14H23NS/c1-11(2)6-7-16-10-14-5-4-13(9-15)8-12(14)3/h4-5,8,11H,6-7,9-10,15H2,1-3H3. The van der Waals surface area contributed by atoms with Crippen molar-refractivity contribution in [3.05, 3.63) is 34.9 Å². The number of rotatable bonds is 6. The molecule has 0 atom stereocenters. The second kappa shape index (κ2) is 6.97. The number of hydrogen-bond acceptors (Lipinski definition) is 2. The maximum atomic E-state index is 5.62. The maximum absolute atomic E-state index is 5.62. The van der Waals surface area contributed by atoms with Gasteiger partial charge in [-0.05, 0) is 41.7 Å². The van der Waals surface area contributed by atoms with Crippen LogP contribution in [0, 0.1) is 12.8 Å². The Balaban J connectivity index is 2.42. The van der Waals surface area contributed by atoms with E-state index in [0.717, 1.165) is 11.7 Å². The fraction of sp³-hybridized carbons (Fsp3) is 0.571. The lowest BCUT2D eigenvalue weighted by Crippen LogP contribution is -1.98. The molecule has 0 saturated heterocycles. The lowest BCUT2D eigenvalue weighted by atomic mass is 10.1. The van der Waals surface area contributed by atoms with Gasteiger partial charge in [0.2, 0.25) is 0 Å². The van der Waals surface area contributed by atoms with E-state index in [9.17, 15) is 0 Å². The minimum absolute atomic E-state index is 0.640. The molecule has 1 aromatic carbocycles. The molecule has 1 rings (SSSR count). The summed E-state index contributed by atoms with van der Waals surface area (Å²) in [4.78, 5) is 0. The number of hydrogen-bond donors (Lipinski definition) is 1. The molecule has 1 nitrogen and oxygen atoms in total. The summed E-state index contributed by atoms with van der Waals surface area (Å²) in [6.07, 6.45) is 1.31. The van der Waals surface area contributed by atoms with Crippen LogP contribution in [0.5, 0.6) is 0 Å². The summed E-state index contributed by atoms with van der Waals surface area (Å²) < 4.78 is 0. The zero-order chi connectivity index (χ0) is 12.0. The highest BCUT2D eigenvalue weighted by Crippen LogP contribution is 2.19. The van der Waals surface area contributed by atoms with Crippen LogP contribution < -0.4 is 5.73 Å². The van der Waals surface area contributed by atoms with Crippen molar-refractivity contribution in [1.82, 2.24) is 0 Å². The van der Waals surface area contributed by atoms with Gasteiger partial charge in [0.05, 0.1) is 0 Å². The topological polar surface area (TPSA) is 26.0 Å². The van der Waals surface area contributed by atoms with E-state index in [2.05, 4.69) is 39.0 Å². The van der Waals surface area contributed by atoms with Crippen LogP contribution in [-0.4, -0.2) is 5.75 Å². The second-order valence-corrected chi connectivity index (χ2v) is 5.81. The summed E-state index contributed by atoms with van der Waals surface area (Å²) in [5.41, 5.74) is 9.67. The van der Waals surface area contributed by atoms with Crippen LogP contribution >= 0.6 is 11.8 Å². The summed E-state index contributed by atoms with van der Waals surface area (Å²) in [6, 6.07) is 6.57. The Morgan fingerprint density at radius 3 is 2.62 bits per heavy atom. The van der Waals surface area contributed by atoms with Gasteiger partial charge >= 0.3 is 0 Å². The summed E-state index contributed by atoms with van der Waals surface area (Å²) in [7, 11) is 0. The van der Waals surface area contributed by atoms with Crippen molar-refractivity contribution in [2.75, 3.05) is 5.75 Å². The molecular formula is C14H23NS. The van der Waals surface area contributed by atoms with Crippen molar-refractivity contribution in [3.8, 4) is 0 Å². The highest BCUT2D eigenvalue weighted by molar-refractivity contribution is 7.98. The largest absolute Gasteiger partial charge is 0.326 e. The molecule has 0 aromatic heterocycles. The first-order valence-electron chi connectivity index (χ1n) is 5.99. The van der Waals surface area contributed by atoms with Crippen LogP contribution in [0.2, 0.25) is 0 Å². The van der Waals surface area contributed by atoms with Gasteiger partial charge in [-0.15, -0.1) is 0 Å². The number of benzene rings is 1. The molecule has 2 N–H and O–H groups in total. The normalized spacial score (nSPS) is 11.1. The molecule has 0 saturated carbocycles. The molecule has 0 amide bonds. The molecule has 0 aliphatic rings. The summed E-state index contributed by atoms with van der Waals surface area (Å²) in [6.45, 7) is 7.38. The number of nitrogens with two attached hydrogens (primary N) is 1. The van der Waals surface area contributed by atoms with E-state index in [4.69, 9.17) is 5.73 Å². The molecule has 0 radical (unpaired) electrons. The van der Waals surface area contributed by atoms with Crippen LogP contribution in [-0.2, 0) is 12.3 Å². The Labute approximate surface area is 104 Å². The van der Waals surface area contributed by atoms with Crippen molar-refractivity contribution >= 4 is 11.8 Å². The van der Waals surface area contributed by atoms with Crippen LogP contribution in [0.25, 0.3) is 0 Å². The maximum Gasteiger partial charge on any atom is 0.0187 e. The third-order valence-corrected chi connectivity index (χ3v) is 3.78. The Morgan fingerprint density at radius 1 is 1.31 bits per heavy atom. The smallest absolute Gasteiger partial charge is 0.0187 e. The van der Waals surface area contributed by atoms with Gasteiger partial charge in [0.1, 0.15) is 0 Å². The molecule has 0 aliphatic heterocycles. The van der Waals surface area contributed by atoms with Gasteiger partial charge in [-0.25, -0.2) is 0 Å². The van der Waals surface area contributed by atoms with Crippen molar-refractivity contribution in [2.45, 2.75) is 39.5 Å². The quantitative estimate of drug-likeness (QED) is 0.763. The number of aryl methyl sites for hydroxylation is 1. The van der Waals surface area contributed by atoms with Crippen LogP contribution in [0.3, 0.4) is 0 Å². The van der Waals surface area contributed by atoms with Gasteiger partial charge in [-0.1, -0.05) is 32.0 Å². The van der Waals surface area contributed by atoms with E-state index >= 15 is 0 Å². The second-order valence-electron chi connectivity index (χ2n) is 4.70. The van der Waals surface area contributed by atoms with E-state index in [-0.39, 0.29) is 0 Å². The van der Waals surface area contributed by atoms with E-state index in [0.29, 0.717) is 6.54 Å². The fourth-order valence-corrected chi connectivity index (χ4v) is 2.87. The van der Waals surface area contributed by atoms with E-state index in [1.807, 2.05) is 11.8 Å². The highest BCUT2D eigenvalue weighted by atomic mass is 32.2. The Kier molecular flexibility index (Phi) is 5.93. The van der Waals surface area contributed by atoms with Crippen LogP contribution in [0.4, 0.5) is 0 Å². The SMILES string of the molecule is Cc1cc(CN)ccc1CSCCC(C)C. The minimum Gasteiger partial charge on any atom is -0.326 e. The Morgan fingerprint density at radius 2 is 2.06 bits per heavy atom. The first-order chi connectivity index (χ1) is 7.63. The van der Waals surface area contributed by atoms with E-state index in [1.165, 1.54) is 28.9 Å². The molecule has 0 bridgehead atoms. The van der Waals surface area contributed by atoms with Gasteiger partial charge in [0.25, 0.3) is 0 Å². The predicted octanol–water partition coefficient (Wildman–Crippen LogP) is 3.73. The lowest BCUT2D eigenvalue weighted by Gasteiger charge is -2.08. The molecule has 2 heteroatoms. The van der Waals surface area contributed by atoms with Crippen molar-refractivity contribution in [2.24, 2.45) is 11.7 Å². The molecule has 0 aliphatic carbocycles. The average Bonchev–Trinajstić information content (AvgIpc) is 2.25. The van der Waals surface area contributed by atoms with Gasteiger partial charge in [0, 0.05) is 12.3 Å². The van der Waals surface area contributed by atoms with Crippen LogP contribution in [0.1, 0.15) is 37.0 Å². The summed E-state index contributed by atoms with van der Waals surface area (Å²) >= 11 is 2.03. The monoisotopic (exact) mass is 237 g/mol. The first kappa shape index (κ1) is 13.6. The zero-order valence-corrected chi connectivity index (χ0v) is 11.4. The fourth-order valence-electron chi connectivity index (χ4n) is 1.55. The minimum atomic E-state index is 0.640. The Hall–Kier alpha value is -0.470. The van der Waals surface area contributed by atoms with E-state index in [1.54, 1.807) is 0 Å². The molecular weight excluding hydrogens is 214 g/mol. The van der Waals surface area contributed by atoms with Gasteiger partial charge in [-0.2, -0.15) is 11.8 Å². The molecule has 90 valence electrons. The molecule has 0 spiro atoms. The highest BCUT2D eigenvalue weighted by Gasteiger charge is 2.00. The van der Waals surface area contributed by atoms with E-state index < -0.39 is 0 Å². The lowest BCUT2D eigenvalue weighted by molar-refractivity contribution is 0.632. The molecule has 0 heterocycles. The molecule has 1 aromatic rings. The van der Waals surface area contributed by atoms with Gasteiger partial charge in [0.15, 0.2) is 0 Å². The van der Waals surface area contributed by atoms with Gasteiger partial charge in [-0.3, -0.25) is 0 Å². The van der Waals surface area contributed by atoms with Crippen molar-refractivity contribution in [1.29, 1.82) is 0 Å². The van der Waals surface area contributed by atoms with Crippen LogP contribution in [0.15, 0.2) is 18.2 Å². The molecule has 0 unspecified atom stereocenters. The third-order valence-electron chi connectivity index (χ3n) is 2.74. The third kappa shape index (κ3) is 4.58. The number of thioether (sulfide) groups is 1. The zero-order valence-electron chi connectivity index (χ0n) is 10.6. The summed E-state index contributed by atoms with van der Waals surface area (Å²) in [5, 5.41) is 0. The van der Waals surface area contributed by atoms with Crippen molar-refractivity contribution < 1.29 is 0 Å². The van der Waals surface area contributed by atoms with Gasteiger partial charge < -0.3 is 5.73 Å². The Bertz CT molecular complexity index is 321. The molecule has 0 fully saturated rings. The predicted molar refractivity (Wildman–Crippen MR) is 74.7 cm³/mol. The van der Waals surface area contributed by atoms with Crippen molar-refractivity contribution in [3.63, 3.8) is 0 Å². The first-order valence-corrected chi connectivity index (χ1v) is 7.15.